The predicted octanol–water partition coefficient (Wildman–Crippen LogP) is 2.61. The third-order valence-electron chi connectivity index (χ3n) is 7.37. The fourth-order valence-corrected chi connectivity index (χ4v) is 6.14. The number of aromatic nitrogens is 3. The van der Waals surface area contributed by atoms with Crippen molar-refractivity contribution in [3.05, 3.63) is 81.6 Å². The maximum atomic E-state index is 13.2. The summed E-state index contributed by atoms with van der Waals surface area (Å²) in [6.07, 6.45) is -2.20. The Morgan fingerprint density at radius 2 is 1.93 bits per heavy atom. The highest BCUT2D eigenvalue weighted by Crippen LogP contribution is 2.33. The molecule has 11 heteroatoms. The van der Waals surface area contributed by atoms with Crippen LogP contribution in [-0.2, 0) is 29.2 Å². The van der Waals surface area contributed by atoms with Gasteiger partial charge in [0.25, 0.3) is 11.8 Å². The van der Waals surface area contributed by atoms with Gasteiger partial charge in [-0.25, -0.2) is 9.97 Å². The van der Waals surface area contributed by atoms with Gasteiger partial charge >= 0.3 is 0 Å². The van der Waals surface area contributed by atoms with Gasteiger partial charge in [-0.1, -0.05) is 36.4 Å². The number of carbonyl (C=O) groups is 2. The van der Waals surface area contributed by atoms with Gasteiger partial charge in [-0.2, -0.15) is 0 Å². The van der Waals surface area contributed by atoms with Crippen LogP contribution < -0.4 is 5.32 Å². The Bertz CT molecular complexity index is 1530. The number of amides is 2. The van der Waals surface area contributed by atoms with Gasteiger partial charge < -0.3 is 29.9 Å². The topological polar surface area (TPSA) is 124 Å². The Morgan fingerprint density at radius 3 is 2.73 bits per heavy atom. The lowest BCUT2D eigenvalue weighted by molar-refractivity contribution is -0.153. The molecule has 2 aromatic carbocycles. The molecule has 1 saturated heterocycles. The van der Waals surface area contributed by atoms with Crippen molar-refractivity contribution in [3.8, 4) is 0 Å². The van der Waals surface area contributed by atoms with Gasteiger partial charge in [-0.15, -0.1) is 11.3 Å². The standard InChI is InChI=1S/C30H36N6O4S/c1-19-32-23-10-4-5-11-25(23)36(19)17-22-18-41-26(33-22)15-31-29(39)27(37)28(38)30(40)35-13-7-12-24(35)21-9-6-8-20(14-21)16-34(2)3/h4-6,8-11,14,18,24,27-28,37-38H,7,12-13,15-17H2,1-3H3,(H,31,39)/t24?,27-,28-/m1/s1. The molecule has 3 heterocycles. The lowest BCUT2D eigenvalue weighted by Gasteiger charge is -2.29. The third kappa shape index (κ3) is 6.48. The van der Waals surface area contributed by atoms with Gasteiger partial charge in [-0.05, 0) is 57.1 Å². The second-order valence-corrected chi connectivity index (χ2v) is 11.7. The molecule has 2 amide bonds. The molecule has 0 bridgehead atoms. The fourth-order valence-electron chi connectivity index (χ4n) is 5.42. The Balaban J connectivity index is 1.17. The Morgan fingerprint density at radius 1 is 1.12 bits per heavy atom. The number of carbonyl (C=O) groups excluding carboxylic acids is 2. The first-order valence-electron chi connectivity index (χ1n) is 13.7. The zero-order chi connectivity index (χ0) is 29.1. The van der Waals surface area contributed by atoms with Crippen molar-refractivity contribution in [1.82, 2.24) is 29.7 Å². The van der Waals surface area contributed by atoms with Gasteiger partial charge in [0.2, 0.25) is 0 Å². The molecule has 0 spiro atoms. The summed E-state index contributed by atoms with van der Waals surface area (Å²) in [5, 5.41) is 26.4. The second kappa shape index (κ2) is 12.5. The largest absolute Gasteiger partial charge is 0.380 e. The maximum absolute atomic E-state index is 13.2. The fraction of sp³-hybridized carbons (Fsp3) is 0.400. The van der Waals surface area contributed by atoms with Crippen LogP contribution in [-0.4, -0.2) is 79.2 Å². The molecule has 41 heavy (non-hydrogen) atoms. The summed E-state index contributed by atoms with van der Waals surface area (Å²) in [5.74, 6) is -0.576. The summed E-state index contributed by atoms with van der Waals surface area (Å²) in [6.45, 7) is 3.81. The van der Waals surface area contributed by atoms with Crippen LogP contribution in [0.1, 0.15) is 46.5 Å². The average Bonchev–Trinajstić information content (AvgIpc) is 3.70. The first-order valence-corrected chi connectivity index (χ1v) is 14.6. The minimum Gasteiger partial charge on any atom is -0.380 e. The molecular weight excluding hydrogens is 540 g/mol. The molecule has 10 nitrogen and oxygen atoms in total. The second-order valence-electron chi connectivity index (χ2n) is 10.7. The van der Waals surface area contributed by atoms with Crippen molar-refractivity contribution in [2.45, 2.75) is 57.6 Å². The van der Waals surface area contributed by atoms with E-state index in [2.05, 4.69) is 30.8 Å². The lowest BCUT2D eigenvalue weighted by atomic mass is 10.0. The highest BCUT2D eigenvalue weighted by molar-refractivity contribution is 7.09. The normalized spacial score (nSPS) is 16.8. The van der Waals surface area contributed by atoms with Crippen molar-refractivity contribution in [1.29, 1.82) is 0 Å². The summed E-state index contributed by atoms with van der Waals surface area (Å²) in [7, 11) is 4.00. The molecule has 1 unspecified atom stereocenters. The van der Waals surface area contributed by atoms with Crippen molar-refractivity contribution in [2.75, 3.05) is 20.6 Å². The number of imidazole rings is 1. The number of rotatable bonds is 10. The van der Waals surface area contributed by atoms with Gasteiger partial charge in [0, 0.05) is 18.5 Å². The molecule has 5 rings (SSSR count). The Labute approximate surface area is 243 Å². The number of aliphatic hydroxyl groups is 2. The summed E-state index contributed by atoms with van der Waals surface area (Å²) in [4.78, 5) is 38.7. The maximum Gasteiger partial charge on any atom is 0.255 e. The number of thiazole rings is 1. The van der Waals surface area contributed by atoms with E-state index in [9.17, 15) is 19.8 Å². The van der Waals surface area contributed by atoms with Crippen LogP contribution in [0, 0.1) is 6.92 Å². The van der Waals surface area contributed by atoms with Crippen LogP contribution in [0.3, 0.4) is 0 Å². The first kappa shape index (κ1) is 28.9. The van der Waals surface area contributed by atoms with E-state index in [0.717, 1.165) is 53.1 Å². The van der Waals surface area contributed by atoms with E-state index < -0.39 is 24.0 Å². The van der Waals surface area contributed by atoms with Gasteiger partial charge in [0.05, 0.1) is 35.9 Å². The molecule has 2 aromatic heterocycles. The number of nitrogens with zero attached hydrogens (tertiary/aromatic N) is 5. The number of benzene rings is 2. The molecule has 1 fully saturated rings. The number of hydrogen-bond acceptors (Lipinski definition) is 8. The van der Waals surface area contributed by atoms with E-state index >= 15 is 0 Å². The Kier molecular flexibility index (Phi) is 8.79. The van der Waals surface area contributed by atoms with Crippen LogP contribution in [0.15, 0.2) is 53.9 Å². The quantitative estimate of drug-likeness (QED) is 0.265. The summed E-state index contributed by atoms with van der Waals surface area (Å²) < 4.78 is 2.09. The van der Waals surface area contributed by atoms with E-state index in [1.807, 2.05) is 68.9 Å². The zero-order valence-corrected chi connectivity index (χ0v) is 24.3. The molecular formula is C30H36N6O4S. The molecule has 1 aliphatic heterocycles. The molecule has 3 atom stereocenters. The van der Waals surface area contributed by atoms with E-state index in [4.69, 9.17) is 0 Å². The molecule has 0 aliphatic carbocycles. The number of aryl methyl sites for hydroxylation is 1. The number of hydrogen-bond donors (Lipinski definition) is 3. The van der Waals surface area contributed by atoms with Crippen molar-refractivity contribution in [2.24, 2.45) is 0 Å². The number of nitrogens with one attached hydrogen (secondary N) is 1. The van der Waals surface area contributed by atoms with E-state index in [-0.39, 0.29) is 12.6 Å². The minimum absolute atomic E-state index is 0.0795. The number of para-hydroxylation sites is 2. The Hall–Kier alpha value is -3.64. The highest BCUT2D eigenvalue weighted by Gasteiger charge is 2.38. The zero-order valence-electron chi connectivity index (χ0n) is 23.5. The minimum atomic E-state index is -1.89. The van der Waals surface area contributed by atoms with Crippen molar-refractivity contribution < 1.29 is 19.8 Å². The SMILES string of the molecule is Cc1nc2ccccc2n1Cc1csc(CNC(=O)[C@H](O)[C@@H](O)C(=O)N2CCCC2c2cccc(CN(C)C)c2)n1. The van der Waals surface area contributed by atoms with E-state index in [1.165, 1.54) is 11.3 Å². The number of fused-ring (bicyclic) bond motifs is 1. The molecule has 4 aromatic rings. The first-order chi connectivity index (χ1) is 19.7. The van der Waals surface area contributed by atoms with Crippen molar-refractivity contribution >= 4 is 34.2 Å². The average molecular weight is 577 g/mol. The number of aliphatic hydroxyl groups excluding tert-OH is 2. The lowest BCUT2D eigenvalue weighted by Crippen LogP contribution is -2.50. The summed E-state index contributed by atoms with van der Waals surface area (Å²) in [5.41, 5.74) is 4.89. The molecule has 0 radical (unpaired) electrons. The van der Waals surface area contributed by atoms with E-state index in [0.29, 0.717) is 18.1 Å². The molecule has 3 N–H and O–H groups in total. The molecule has 0 saturated carbocycles. The van der Waals surface area contributed by atoms with Gasteiger partial charge in [-0.3, -0.25) is 9.59 Å². The van der Waals surface area contributed by atoms with Gasteiger partial charge in [0.15, 0.2) is 12.2 Å². The van der Waals surface area contributed by atoms with Crippen LogP contribution in [0.25, 0.3) is 11.0 Å². The summed E-state index contributed by atoms with van der Waals surface area (Å²) in [6, 6.07) is 15.8. The van der Waals surface area contributed by atoms with Crippen LogP contribution in [0.5, 0.6) is 0 Å². The van der Waals surface area contributed by atoms with Gasteiger partial charge in [0.1, 0.15) is 10.8 Å². The van der Waals surface area contributed by atoms with E-state index in [1.54, 1.807) is 4.90 Å². The van der Waals surface area contributed by atoms with Crippen LogP contribution in [0.2, 0.25) is 0 Å². The highest BCUT2D eigenvalue weighted by atomic mass is 32.1. The van der Waals surface area contributed by atoms with Crippen molar-refractivity contribution in [3.63, 3.8) is 0 Å². The molecule has 216 valence electrons. The summed E-state index contributed by atoms with van der Waals surface area (Å²) >= 11 is 1.39. The monoisotopic (exact) mass is 576 g/mol. The number of likely N-dealkylation sites (tertiary alicyclic amines) is 1. The smallest absolute Gasteiger partial charge is 0.255 e. The van der Waals surface area contributed by atoms with Crippen LogP contribution >= 0.6 is 11.3 Å². The van der Waals surface area contributed by atoms with Crippen LogP contribution in [0.4, 0.5) is 0 Å². The molecule has 1 aliphatic rings. The third-order valence-corrected chi connectivity index (χ3v) is 8.27. The predicted molar refractivity (Wildman–Crippen MR) is 157 cm³/mol.